The number of halogens is 1. The molecule has 11 rings (SSSR count). The molecule has 0 saturated carbocycles. The van der Waals surface area contributed by atoms with E-state index in [1.807, 2.05) is 0 Å². The number of benzene rings is 4. The highest BCUT2D eigenvalue weighted by atomic mass is 79.9. The number of esters is 8. The smallest absolute Gasteiger partial charge is 0.339 e. The van der Waals surface area contributed by atoms with E-state index in [1.54, 1.807) is 74.5 Å². The van der Waals surface area contributed by atoms with E-state index in [-0.39, 0.29) is 57.4 Å². The summed E-state index contributed by atoms with van der Waals surface area (Å²) in [5.41, 5.74) is 4.12. The van der Waals surface area contributed by atoms with Crippen LogP contribution >= 0.6 is 15.9 Å². The number of aromatic amines is 2. The predicted octanol–water partition coefficient (Wildman–Crippen LogP) is 3.42. The summed E-state index contributed by atoms with van der Waals surface area (Å²) >= 11 is 3.11. The summed E-state index contributed by atoms with van der Waals surface area (Å²) in [6.07, 6.45) is -21.6. The van der Waals surface area contributed by atoms with Crippen molar-refractivity contribution in [1.82, 2.24) is 9.97 Å². The number of carboxylic acids is 1. The Morgan fingerprint density at radius 1 is 0.475 bits per heavy atom. The topological polar surface area (TPSA) is 485 Å². The zero-order chi connectivity index (χ0) is 73.9. The number of aliphatic hydroxyl groups is 3. The first-order valence-electron chi connectivity index (χ1n) is 30.3. The first kappa shape index (κ1) is 74.5. The predicted molar refractivity (Wildman–Crippen MR) is 343 cm³/mol. The molecule has 101 heavy (non-hydrogen) atoms. The van der Waals surface area contributed by atoms with Crippen LogP contribution in [0.1, 0.15) is 84.5 Å². The number of aromatic hydroxyl groups is 2. The number of H-pyrrole nitrogens is 2. The summed E-state index contributed by atoms with van der Waals surface area (Å²) in [5, 5.41) is 60.7. The summed E-state index contributed by atoms with van der Waals surface area (Å²) < 4.78 is 68.8. The van der Waals surface area contributed by atoms with Crippen molar-refractivity contribution in [3.63, 3.8) is 0 Å². The Kier molecular flexibility index (Phi) is 22.7. The maximum Gasteiger partial charge on any atom is 0.339 e. The van der Waals surface area contributed by atoms with Crippen LogP contribution in [-0.2, 0) is 95.3 Å². The van der Waals surface area contributed by atoms with Crippen molar-refractivity contribution in [2.24, 2.45) is 9.98 Å². The number of carbonyl (C=O) groups is 11. The van der Waals surface area contributed by atoms with Crippen LogP contribution in [0.2, 0.25) is 0 Å². The summed E-state index contributed by atoms with van der Waals surface area (Å²) in [6.45, 7) is 9.97. The first-order chi connectivity index (χ1) is 47.7. The molecular weight excluding hydrogens is 1410 g/mol. The lowest BCUT2D eigenvalue weighted by molar-refractivity contribution is -0.282. The number of aliphatic hydroxyl groups excluding tert-OH is 3. The second kappa shape index (κ2) is 30.8. The Balaban J connectivity index is 0.000000186. The van der Waals surface area contributed by atoms with Crippen LogP contribution in [-0.4, -0.2) is 222 Å². The lowest BCUT2D eigenvalue weighted by Crippen LogP contribution is -2.64. The Hall–Kier alpha value is -10.7. The van der Waals surface area contributed by atoms with Crippen molar-refractivity contribution in [2.45, 2.75) is 146 Å². The van der Waals surface area contributed by atoms with Crippen molar-refractivity contribution < 1.29 is 145 Å². The number of aromatic nitrogens is 2. The fourth-order valence-corrected chi connectivity index (χ4v) is 12.1. The van der Waals surface area contributed by atoms with Gasteiger partial charge in [-0.25, -0.2) is 24.4 Å². The van der Waals surface area contributed by atoms with Crippen molar-refractivity contribution in [1.29, 1.82) is 0 Å². The third-order valence-corrected chi connectivity index (χ3v) is 16.5. The third kappa shape index (κ3) is 15.8. The number of nitrogens with zero attached hydrogens (tertiary/aromatic N) is 2. The second-order valence-electron chi connectivity index (χ2n) is 22.9. The standard InChI is InChI=1S/C30H28N2O12.C23H20N2O9.C13H17BrO9/c1-12-10-17-19(32-28(37)21(17)22-23(36)16-8-6-7-9-18(16)31-22)11-20(12)43-30-27(42-15(4)35)25(41-14(3)34)24(40-13(2)33)26(44-30)29(38)39-5;1-8-6-10-12(7-13(8)33-23-19(29)17(27)18(28)20(34-23)22(31)32)25-21(30)14(10)15-16(26)9-4-2-3-5-11(9)24-15;1-5(15)20-8-9(21-6(2)16)11(13(18)19-4)23-12(14)10(8)22-7(3)17/h6-11,24-27,30,32,37H,1-5H3;2-7,17-20,23,25,27-30H,1H3,(H,31,32);8-12H,1-4H3. The minimum atomic E-state index is -1.84. The molecule has 5 aliphatic rings. The molecule has 15 unspecified atom stereocenters. The summed E-state index contributed by atoms with van der Waals surface area (Å²) in [7, 11) is 2.20. The highest BCUT2D eigenvalue weighted by molar-refractivity contribution is 9.09. The Morgan fingerprint density at radius 2 is 0.842 bits per heavy atom. The fourth-order valence-electron chi connectivity index (χ4n) is 11.5. The summed E-state index contributed by atoms with van der Waals surface area (Å²) in [6, 6.07) is 19.9. The second-order valence-corrected chi connectivity index (χ2v) is 23.8. The molecular formula is C66H65BrN4O30. The lowest BCUT2D eigenvalue weighted by atomic mass is 9.97. The van der Waals surface area contributed by atoms with Gasteiger partial charge in [-0.1, -0.05) is 40.2 Å². The minimum Gasteiger partial charge on any atom is -0.494 e. The number of fused-ring (bicyclic) bond motifs is 4. The number of aliphatic carboxylic acids is 1. The van der Waals surface area contributed by atoms with Crippen LogP contribution in [0.4, 0.5) is 11.4 Å². The van der Waals surface area contributed by atoms with Gasteiger partial charge in [0, 0.05) is 75.6 Å². The molecule has 3 saturated heterocycles. The molecule has 8 N–H and O–H groups in total. The maximum absolute atomic E-state index is 13.1. The Bertz CT molecular complexity index is 4390. The van der Waals surface area contributed by atoms with E-state index in [0.29, 0.717) is 55.4 Å². The molecule has 35 heteroatoms. The summed E-state index contributed by atoms with van der Waals surface area (Å²) in [5.74, 6) is -8.86. The number of ketones is 2. The molecule has 0 radical (unpaired) electrons. The highest BCUT2D eigenvalue weighted by Gasteiger charge is 2.57. The Labute approximate surface area is 578 Å². The van der Waals surface area contributed by atoms with Gasteiger partial charge in [-0.05, 0) is 61.4 Å². The molecule has 34 nitrogen and oxygen atoms in total. The van der Waals surface area contributed by atoms with Crippen LogP contribution in [0.15, 0.2) is 82.8 Å². The number of para-hydroxylation sites is 2. The van der Waals surface area contributed by atoms with Gasteiger partial charge in [0.25, 0.3) is 0 Å². The van der Waals surface area contributed by atoms with Gasteiger partial charge in [0.1, 0.15) is 41.2 Å². The number of rotatable bonds is 15. The van der Waals surface area contributed by atoms with Gasteiger partial charge in [-0.2, -0.15) is 0 Å². The fraction of sp³-hybridized carbons (Fsp3) is 0.379. The number of methoxy groups -OCH3 is 2. The number of Topliss-reactive ketones (excluding diaryl/α,β-unsaturated/α-hetero) is 2. The molecule has 2 aromatic heterocycles. The summed E-state index contributed by atoms with van der Waals surface area (Å²) in [4.78, 5) is 146. The largest absolute Gasteiger partial charge is 0.494 e. The van der Waals surface area contributed by atoms with Gasteiger partial charge in [0.2, 0.25) is 30.3 Å². The molecule has 5 aliphatic heterocycles. The number of alkyl halides is 1. The van der Waals surface area contributed by atoms with E-state index in [9.17, 15) is 83.4 Å². The number of carbonyl (C=O) groups excluding carboxylic acids is 10. The molecule has 0 amide bonds. The van der Waals surface area contributed by atoms with E-state index in [2.05, 4.69) is 40.6 Å². The molecule has 536 valence electrons. The van der Waals surface area contributed by atoms with Gasteiger partial charge in [0.15, 0.2) is 65.6 Å². The number of hydrogen-bond acceptors (Lipinski definition) is 31. The minimum absolute atomic E-state index is 0.0650. The van der Waals surface area contributed by atoms with E-state index < -0.39 is 145 Å². The number of aliphatic imine (C=N–C) groups is 2. The van der Waals surface area contributed by atoms with Crippen LogP contribution in [0.5, 0.6) is 23.3 Å². The van der Waals surface area contributed by atoms with Crippen LogP contribution < -0.4 is 9.47 Å². The zero-order valence-corrected chi connectivity index (χ0v) is 56.4. The molecule has 0 aliphatic carbocycles. The van der Waals surface area contributed by atoms with Crippen molar-refractivity contribution in [2.75, 3.05) is 14.2 Å². The van der Waals surface area contributed by atoms with E-state index in [1.165, 1.54) is 12.1 Å². The van der Waals surface area contributed by atoms with Crippen LogP contribution in [0.3, 0.4) is 0 Å². The quantitative estimate of drug-likeness (QED) is 0.0415. The first-order valence-corrected chi connectivity index (χ1v) is 31.2. The van der Waals surface area contributed by atoms with Crippen LogP contribution in [0.25, 0.3) is 21.8 Å². The van der Waals surface area contributed by atoms with Gasteiger partial charge >= 0.3 is 53.7 Å². The molecule has 0 spiro atoms. The molecule has 15 atom stereocenters. The van der Waals surface area contributed by atoms with E-state index in [4.69, 9.17) is 56.8 Å². The van der Waals surface area contributed by atoms with E-state index >= 15 is 0 Å². The van der Waals surface area contributed by atoms with Crippen molar-refractivity contribution >= 4 is 126 Å². The zero-order valence-electron chi connectivity index (χ0n) is 54.8. The molecule has 6 aromatic rings. The molecule has 4 aromatic carbocycles. The molecule has 0 bridgehead atoms. The number of ether oxygens (including phenoxy) is 13. The number of nitrogens with one attached hydrogen (secondary N) is 2. The average Bonchev–Trinajstić information content (AvgIpc) is 1.65. The SMILES string of the molecule is COC(=O)C1OC(Br)C(OC(C)=O)C(OC(C)=O)C1OC(C)=O.COC(=O)C1OC(Oc2cc3[nH]c(O)c(C4=Nc5ccccc5C4=O)c3cc2C)C(OC(C)=O)C(OC(C)=O)C1OC(C)=O.Cc1cc2c(C3=Nc4ccccc4C3=O)c(O)[nH]c2cc1OC1OC(C(=O)O)C(O)C(O)C1O. The van der Waals surface area contributed by atoms with Crippen LogP contribution in [0, 0.1) is 13.8 Å². The number of hydrogen-bond donors (Lipinski definition) is 8. The molecule has 7 heterocycles. The van der Waals surface area contributed by atoms with Crippen molar-refractivity contribution in [3.05, 3.63) is 106 Å². The highest BCUT2D eigenvalue weighted by Crippen LogP contribution is 2.42. The van der Waals surface area contributed by atoms with Gasteiger partial charge < -0.3 is 102 Å². The van der Waals surface area contributed by atoms with E-state index in [0.717, 1.165) is 55.8 Å². The van der Waals surface area contributed by atoms with Crippen molar-refractivity contribution in [3.8, 4) is 23.3 Å². The number of carboxylic acid groups (broad SMARTS) is 1. The monoisotopic (exact) mass is 1470 g/mol. The maximum atomic E-state index is 13.1. The van der Waals surface area contributed by atoms with Gasteiger partial charge in [-0.15, -0.1) is 0 Å². The normalized spacial score (nSPS) is 25.5. The lowest BCUT2D eigenvalue weighted by Gasteiger charge is -2.43. The van der Waals surface area contributed by atoms with Gasteiger partial charge in [-0.3, -0.25) is 38.4 Å². The third-order valence-electron chi connectivity index (χ3n) is 15.8. The van der Waals surface area contributed by atoms with Gasteiger partial charge in [0.05, 0.1) is 47.8 Å². The molecule has 3 fully saturated rings. The Morgan fingerprint density at radius 3 is 1.25 bits per heavy atom. The number of aryl methyl sites for hydroxylation is 2. The average molecular weight is 1470 g/mol.